The summed E-state index contributed by atoms with van der Waals surface area (Å²) in [5, 5.41) is 24.6. The maximum absolute atomic E-state index is 14.0. The van der Waals surface area contributed by atoms with Crippen LogP contribution in [0.15, 0.2) is 16.7 Å². The summed E-state index contributed by atoms with van der Waals surface area (Å²) < 4.78 is 22.6. The second-order valence-electron chi connectivity index (χ2n) is 11.3. The number of esters is 3. The SMILES string of the molecule is CC(=O)O[C@@H]1[C@@H]2[C@H](Cc3occc3[C@@]2(C)O)[C@@]2(C)C(=O)C[C@H](OC(C)=O)C(C)(C)[C@]2(O)[C@H]1OC(C)=O. The van der Waals surface area contributed by atoms with Crippen molar-refractivity contribution in [3.63, 3.8) is 0 Å². The largest absolute Gasteiger partial charge is 0.469 e. The summed E-state index contributed by atoms with van der Waals surface area (Å²) in [5.74, 6) is -3.82. The number of hydrogen-bond donors (Lipinski definition) is 2. The second-order valence-corrected chi connectivity index (χ2v) is 11.3. The number of Topliss-reactive ketones (excluding diaryl/α,β-unsaturated/α-hetero) is 1. The van der Waals surface area contributed by atoms with Gasteiger partial charge in [0.25, 0.3) is 0 Å². The normalized spacial score (nSPS) is 40.8. The Balaban J connectivity index is 2.04. The van der Waals surface area contributed by atoms with Crippen molar-refractivity contribution in [1.82, 2.24) is 0 Å². The van der Waals surface area contributed by atoms with Crippen LogP contribution in [0.2, 0.25) is 0 Å². The van der Waals surface area contributed by atoms with Crippen LogP contribution >= 0.6 is 0 Å². The highest BCUT2D eigenvalue weighted by molar-refractivity contribution is 5.89. The molecule has 0 aliphatic heterocycles. The molecule has 198 valence electrons. The van der Waals surface area contributed by atoms with Crippen molar-refractivity contribution in [3.05, 3.63) is 23.7 Å². The van der Waals surface area contributed by atoms with E-state index in [-0.39, 0.29) is 12.8 Å². The first kappa shape index (κ1) is 26.3. The lowest BCUT2D eigenvalue weighted by Crippen LogP contribution is -2.82. The molecule has 36 heavy (non-hydrogen) atoms. The van der Waals surface area contributed by atoms with Gasteiger partial charge in [0.1, 0.15) is 29.4 Å². The molecular formula is C26H34O10. The molecule has 1 aromatic rings. The molecule has 10 nitrogen and oxygen atoms in total. The molecule has 2 saturated carbocycles. The fourth-order valence-corrected chi connectivity index (χ4v) is 7.35. The number of aliphatic hydroxyl groups is 2. The van der Waals surface area contributed by atoms with Crippen LogP contribution in [0.5, 0.6) is 0 Å². The lowest BCUT2D eigenvalue weighted by Gasteiger charge is -2.69. The van der Waals surface area contributed by atoms with Crippen molar-refractivity contribution in [3.8, 4) is 0 Å². The summed E-state index contributed by atoms with van der Waals surface area (Å²) in [6, 6.07) is 1.61. The van der Waals surface area contributed by atoms with Gasteiger partial charge in [-0.1, -0.05) is 13.8 Å². The molecule has 0 spiro atoms. The number of furan rings is 1. The molecule has 1 heterocycles. The van der Waals surface area contributed by atoms with E-state index < -0.39 is 75.9 Å². The highest BCUT2D eigenvalue weighted by atomic mass is 16.6. The average Bonchev–Trinajstić information content (AvgIpc) is 3.21. The molecule has 0 radical (unpaired) electrons. The molecular weight excluding hydrogens is 472 g/mol. The van der Waals surface area contributed by atoms with Gasteiger partial charge in [0.2, 0.25) is 0 Å². The minimum atomic E-state index is -2.16. The van der Waals surface area contributed by atoms with Crippen LogP contribution in [0.1, 0.15) is 66.2 Å². The van der Waals surface area contributed by atoms with Gasteiger partial charge in [0, 0.05) is 50.5 Å². The zero-order valence-corrected chi connectivity index (χ0v) is 21.6. The molecule has 8 atom stereocenters. The first-order chi connectivity index (χ1) is 16.5. The lowest BCUT2D eigenvalue weighted by molar-refractivity contribution is -0.329. The standard InChI is InChI=1S/C26H34O10/c1-12(27)34-19-11-18(30)24(6)16-10-17-15(8-9-33-17)25(7,31)20(16)21(35-13(2)28)22(36-14(3)29)26(24,32)23(19,4)5/h8-9,16,19-22,31-32H,10-11H2,1-7H3/t16-,19-,20-,21+,22-,24-,25+,26+/m0/s1. The maximum atomic E-state index is 14.0. The minimum absolute atomic E-state index is 0.159. The quantitative estimate of drug-likeness (QED) is 0.459. The Bertz CT molecular complexity index is 1120. The number of ether oxygens (including phenoxy) is 3. The van der Waals surface area contributed by atoms with E-state index in [0.29, 0.717) is 11.3 Å². The van der Waals surface area contributed by atoms with Gasteiger partial charge in [-0.2, -0.15) is 0 Å². The molecule has 0 unspecified atom stereocenters. The van der Waals surface area contributed by atoms with E-state index in [0.717, 1.165) is 6.92 Å². The van der Waals surface area contributed by atoms with Crippen LogP contribution in [0.25, 0.3) is 0 Å². The Kier molecular flexibility index (Phi) is 5.96. The van der Waals surface area contributed by atoms with E-state index in [1.54, 1.807) is 26.8 Å². The van der Waals surface area contributed by atoms with E-state index in [9.17, 15) is 29.4 Å². The highest BCUT2D eigenvalue weighted by Gasteiger charge is 2.80. The van der Waals surface area contributed by atoms with Crippen LogP contribution in [0, 0.1) is 22.7 Å². The Morgan fingerprint density at radius 1 is 0.944 bits per heavy atom. The molecule has 0 amide bonds. The number of fused-ring (bicyclic) bond motifs is 4. The van der Waals surface area contributed by atoms with Gasteiger partial charge in [0.05, 0.1) is 17.3 Å². The van der Waals surface area contributed by atoms with Gasteiger partial charge < -0.3 is 28.8 Å². The molecule has 10 heteroatoms. The van der Waals surface area contributed by atoms with Crippen LogP contribution in [0.4, 0.5) is 0 Å². The third kappa shape index (κ3) is 3.30. The first-order valence-corrected chi connectivity index (χ1v) is 12.1. The fraction of sp³-hybridized carbons (Fsp3) is 0.692. The zero-order chi connectivity index (χ0) is 27.0. The molecule has 1 aromatic heterocycles. The molecule has 3 aliphatic carbocycles. The molecule has 0 saturated heterocycles. The van der Waals surface area contributed by atoms with Crippen LogP contribution < -0.4 is 0 Å². The molecule has 0 aromatic carbocycles. The topological polar surface area (TPSA) is 150 Å². The van der Waals surface area contributed by atoms with Crippen molar-refractivity contribution in [2.75, 3.05) is 0 Å². The zero-order valence-electron chi connectivity index (χ0n) is 21.6. The second kappa shape index (κ2) is 8.14. The number of hydrogen-bond acceptors (Lipinski definition) is 10. The predicted octanol–water partition coefficient (Wildman–Crippen LogP) is 1.82. The van der Waals surface area contributed by atoms with Crippen molar-refractivity contribution >= 4 is 23.7 Å². The smallest absolute Gasteiger partial charge is 0.303 e. The number of carbonyl (C=O) groups is 4. The number of carbonyl (C=O) groups excluding carboxylic acids is 4. The summed E-state index contributed by atoms with van der Waals surface area (Å²) in [7, 11) is 0. The molecule has 0 bridgehead atoms. The van der Waals surface area contributed by atoms with Gasteiger partial charge in [-0.3, -0.25) is 19.2 Å². The van der Waals surface area contributed by atoms with E-state index in [4.69, 9.17) is 18.6 Å². The molecule has 3 aliphatic rings. The summed E-state index contributed by atoms with van der Waals surface area (Å²) in [5.41, 5.74) is -6.31. The van der Waals surface area contributed by atoms with Gasteiger partial charge in [-0.15, -0.1) is 0 Å². The molecule has 4 rings (SSSR count). The van der Waals surface area contributed by atoms with Crippen molar-refractivity contribution in [1.29, 1.82) is 0 Å². The van der Waals surface area contributed by atoms with Crippen LogP contribution in [-0.4, -0.2) is 57.8 Å². The van der Waals surface area contributed by atoms with E-state index in [1.807, 2.05) is 0 Å². The Labute approximate surface area is 209 Å². The fourth-order valence-electron chi connectivity index (χ4n) is 7.35. The Hall–Kier alpha value is -2.72. The predicted molar refractivity (Wildman–Crippen MR) is 122 cm³/mol. The lowest BCUT2D eigenvalue weighted by atomic mass is 9.38. The van der Waals surface area contributed by atoms with E-state index in [1.165, 1.54) is 27.0 Å². The van der Waals surface area contributed by atoms with Crippen LogP contribution in [0.3, 0.4) is 0 Å². The third-order valence-corrected chi connectivity index (χ3v) is 9.02. The molecule has 2 fully saturated rings. The van der Waals surface area contributed by atoms with Crippen LogP contribution in [-0.2, 0) is 45.4 Å². The minimum Gasteiger partial charge on any atom is -0.469 e. The first-order valence-electron chi connectivity index (χ1n) is 12.1. The Morgan fingerprint density at radius 3 is 2.08 bits per heavy atom. The van der Waals surface area contributed by atoms with Crippen molar-refractivity contribution in [2.24, 2.45) is 22.7 Å². The van der Waals surface area contributed by atoms with Gasteiger partial charge in [-0.25, -0.2) is 0 Å². The third-order valence-electron chi connectivity index (χ3n) is 9.02. The maximum Gasteiger partial charge on any atom is 0.303 e. The number of rotatable bonds is 3. The monoisotopic (exact) mass is 506 g/mol. The Morgan fingerprint density at radius 2 is 1.53 bits per heavy atom. The van der Waals surface area contributed by atoms with Crippen molar-refractivity contribution in [2.45, 2.75) is 90.8 Å². The average molecular weight is 507 g/mol. The van der Waals surface area contributed by atoms with Gasteiger partial charge >= 0.3 is 17.9 Å². The number of ketones is 1. The summed E-state index contributed by atoms with van der Waals surface area (Å²) >= 11 is 0. The highest BCUT2D eigenvalue weighted by Crippen LogP contribution is 2.67. The van der Waals surface area contributed by atoms with Gasteiger partial charge in [-0.05, 0) is 25.8 Å². The molecule has 2 N–H and O–H groups in total. The summed E-state index contributed by atoms with van der Waals surface area (Å²) in [4.78, 5) is 50.6. The van der Waals surface area contributed by atoms with E-state index in [2.05, 4.69) is 0 Å². The van der Waals surface area contributed by atoms with Gasteiger partial charge in [0.15, 0.2) is 6.10 Å². The van der Waals surface area contributed by atoms with E-state index >= 15 is 0 Å². The summed E-state index contributed by atoms with van der Waals surface area (Å²) in [6.45, 7) is 9.91. The van der Waals surface area contributed by atoms with Crippen molar-refractivity contribution < 1.29 is 48.0 Å². The summed E-state index contributed by atoms with van der Waals surface area (Å²) in [6.07, 6.45) is -2.52.